The van der Waals surface area contributed by atoms with E-state index in [1.54, 1.807) is 17.8 Å². The van der Waals surface area contributed by atoms with Crippen molar-refractivity contribution in [3.63, 3.8) is 0 Å². The molecule has 100 valence electrons. The van der Waals surface area contributed by atoms with Gasteiger partial charge in [-0.25, -0.2) is 4.79 Å². The van der Waals surface area contributed by atoms with Gasteiger partial charge in [-0.05, 0) is 28.1 Å². The lowest BCUT2D eigenvalue weighted by atomic mass is 10.1. The predicted molar refractivity (Wildman–Crippen MR) is 71.0 cm³/mol. The molecule has 0 aliphatic carbocycles. The van der Waals surface area contributed by atoms with E-state index in [1.165, 1.54) is 12.1 Å². The summed E-state index contributed by atoms with van der Waals surface area (Å²) >= 11 is 4.78. The topological polar surface area (TPSA) is 26.3 Å². The molecule has 0 aliphatic rings. The zero-order valence-corrected chi connectivity index (χ0v) is 12.6. The summed E-state index contributed by atoms with van der Waals surface area (Å²) in [4.78, 5) is 11.9. The number of rotatable bonds is 4. The Bertz CT molecular complexity index is 450. The van der Waals surface area contributed by atoms with Gasteiger partial charge in [0.2, 0.25) is 0 Å². The van der Waals surface area contributed by atoms with Gasteiger partial charge in [0.25, 0.3) is 0 Å². The van der Waals surface area contributed by atoms with Gasteiger partial charge in [-0.15, -0.1) is 11.8 Å². The number of hydrogen-bond acceptors (Lipinski definition) is 3. The lowest BCUT2D eigenvalue weighted by Gasteiger charge is -2.15. The highest BCUT2D eigenvalue weighted by molar-refractivity contribution is 9.10. The van der Waals surface area contributed by atoms with Crippen molar-refractivity contribution < 1.29 is 18.3 Å². The molecule has 1 aromatic carbocycles. The van der Waals surface area contributed by atoms with Crippen LogP contribution in [0.5, 0.6) is 0 Å². The highest BCUT2D eigenvalue weighted by Crippen LogP contribution is 2.36. The van der Waals surface area contributed by atoms with Gasteiger partial charge in [0.05, 0.1) is 7.11 Å². The van der Waals surface area contributed by atoms with Crippen LogP contribution < -0.4 is 0 Å². The van der Waals surface area contributed by atoms with E-state index in [0.29, 0.717) is 9.72 Å². The molecule has 0 spiro atoms. The van der Waals surface area contributed by atoms with E-state index < -0.39 is 11.9 Å². The number of ether oxygens (including phenoxy) is 1. The maximum Gasteiger partial charge on any atom is 0.381 e. The molecule has 1 aromatic rings. The van der Waals surface area contributed by atoms with Crippen molar-refractivity contribution >= 4 is 33.7 Å². The van der Waals surface area contributed by atoms with Crippen LogP contribution in [-0.4, -0.2) is 18.3 Å². The summed E-state index contributed by atoms with van der Waals surface area (Å²) in [6.07, 6.45) is 0. The zero-order chi connectivity index (χ0) is 13.9. The van der Waals surface area contributed by atoms with Crippen molar-refractivity contribution in [2.24, 2.45) is 0 Å². The molecule has 0 unspecified atom stereocenters. The second-order valence-corrected chi connectivity index (χ2v) is 6.35. The van der Waals surface area contributed by atoms with Gasteiger partial charge in [0.15, 0.2) is 0 Å². The highest BCUT2D eigenvalue weighted by Gasteiger charge is 2.42. The second kappa shape index (κ2) is 6.02. The van der Waals surface area contributed by atoms with E-state index >= 15 is 0 Å². The minimum absolute atomic E-state index is 0.341. The molecule has 0 fully saturated rings. The summed E-state index contributed by atoms with van der Waals surface area (Å²) in [7, 11) is 0.939. The van der Waals surface area contributed by atoms with Crippen molar-refractivity contribution in [1.29, 1.82) is 0 Å². The molecule has 0 saturated heterocycles. The monoisotopic (exact) mass is 338 g/mol. The molecular formula is C12H13BrF2O2S. The molecule has 0 aromatic heterocycles. The normalized spacial score (nSPS) is 11.7. The predicted octanol–water partition coefficient (Wildman–Crippen LogP) is 4.21. The fraction of sp³-hybridized carbons (Fsp3) is 0.417. The van der Waals surface area contributed by atoms with E-state index in [1.807, 2.05) is 13.8 Å². The largest absolute Gasteiger partial charge is 0.464 e. The molecule has 0 amide bonds. The maximum absolute atomic E-state index is 13.6. The van der Waals surface area contributed by atoms with Gasteiger partial charge in [0, 0.05) is 20.2 Å². The maximum atomic E-state index is 13.6. The number of methoxy groups -OCH3 is 1. The van der Waals surface area contributed by atoms with Crippen LogP contribution in [0.15, 0.2) is 27.6 Å². The first-order valence-electron chi connectivity index (χ1n) is 5.22. The summed E-state index contributed by atoms with van der Waals surface area (Å²) in [5, 5.41) is 0.341. The standard InChI is InChI=1S/C12H13BrF2O2S/c1-7(2)18-10-5-4-8(6-9(10)13)12(14,15)11(16)17-3/h4-7H,1-3H3. The Labute approximate surface area is 117 Å². The van der Waals surface area contributed by atoms with Gasteiger partial charge in [-0.1, -0.05) is 19.9 Å². The number of benzene rings is 1. The summed E-state index contributed by atoms with van der Waals surface area (Å²) < 4.78 is 31.9. The lowest BCUT2D eigenvalue weighted by Crippen LogP contribution is -2.27. The van der Waals surface area contributed by atoms with Crippen molar-refractivity contribution in [1.82, 2.24) is 0 Å². The Morgan fingerprint density at radius 3 is 2.50 bits per heavy atom. The van der Waals surface area contributed by atoms with Crippen LogP contribution in [0.2, 0.25) is 0 Å². The summed E-state index contributed by atoms with van der Waals surface area (Å²) in [6.45, 7) is 4.02. The molecule has 18 heavy (non-hydrogen) atoms. The van der Waals surface area contributed by atoms with Crippen LogP contribution in [0.4, 0.5) is 8.78 Å². The summed E-state index contributed by atoms with van der Waals surface area (Å²) in [6, 6.07) is 4.06. The Balaban J connectivity index is 3.07. The minimum Gasteiger partial charge on any atom is -0.464 e. The van der Waals surface area contributed by atoms with Gasteiger partial charge in [-0.2, -0.15) is 8.78 Å². The Morgan fingerprint density at radius 1 is 1.44 bits per heavy atom. The Hall–Kier alpha value is -0.620. The molecule has 6 heteroatoms. The SMILES string of the molecule is COC(=O)C(F)(F)c1ccc(SC(C)C)c(Br)c1. The molecular weight excluding hydrogens is 326 g/mol. The van der Waals surface area contributed by atoms with E-state index in [4.69, 9.17) is 0 Å². The van der Waals surface area contributed by atoms with Crippen LogP contribution in [0.3, 0.4) is 0 Å². The molecule has 0 aliphatic heterocycles. The first-order valence-corrected chi connectivity index (χ1v) is 6.89. The molecule has 0 radical (unpaired) electrons. The number of esters is 1. The average molecular weight is 339 g/mol. The third kappa shape index (κ3) is 3.45. The van der Waals surface area contributed by atoms with Gasteiger partial charge in [-0.3, -0.25) is 0 Å². The molecule has 2 nitrogen and oxygen atoms in total. The molecule has 0 bridgehead atoms. The summed E-state index contributed by atoms with van der Waals surface area (Å²) in [5.41, 5.74) is -0.380. The number of carbonyl (C=O) groups excluding carboxylic acids is 1. The van der Waals surface area contributed by atoms with Crippen LogP contribution in [-0.2, 0) is 15.5 Å². The fourth-order valence-corrected chi connectivity index (χ4v) is 2.78. The summed E-state index contributed by atoms with van der Waals surface area (Å²) in [5.74, 6) is -5.18. The highest BCUT2D eigenvalue weighted by atomic mass is 79.9. The molecule has 1 rings (SSSR count). The fourth-order valence-electron chi connectivity index (χ4n) is 1.29. The van der Waals surface area contributed by atoms with Crippen molar-refractivity contribution in [2.45, 2.75) is 29.9 Å². The molecule has 0 N–H and O–H groups in total. The minimum atomic E-state index is -3.63. The molecule has 0 atom stereocenters. The lowest BCUT2D eigenvalue weighted by molar-refractivity contribution is -0.170. The number of thioether (sulfide) groups is 1. The van der Waals surface area contributed by atoms with Gasteiger partial charge in [0.1, 0.15) is 0 Å². The van der Waals surface area contributed by atoms with Crippen LogP contribution >= 0.6 is 27.7 Å². The third-order valence-corrected chi connectivity index (χ3v) is 4.10. The van der Waals surface area contributed by atoms with E-state index in [0.717, 1.165) is 12.0 Å². The second-order valence-electron chi connectivity index (χ2n) is 3.88. The Morgan fingerprint density at radius 2 is 2.06 bits per heavy atom. The molecule has 0 saturated carbocycles. The number of hydrogen-bond donors (Lipinski definition) is 0. The Kier molecular flexibility index (Phi) is 5.16. The first-order chi connectivity index (χ1) is 8.28. The van der Waals surface area contributed by atoms with E-state index in [-0.39, 0.29) is 5.56 Å². The van der Waals surface area contributed by atoms with E-state index in [2.05, 4.69) is 20.7 Å². The van der Waals surface area contributed by atoms with E-state index in [9.17, 15) is 13.6 Å². The zero-order valence-electron chi connectivity index (χ0n) is 10.2. The van der Waals surface area contributed by atoms with Crippen molar-refractivity contribution in [2.75, 3.05) is 7.11 Å². The third-order valence-electron chi connectivity index (χ3n) is 2.10. The number of halogens is 3. The van der Waals surface area contributed by atoms with Crippen LogP contribution in [0.1, 0.15) is 19.4 Å². The quantitative estimate of drug-likeness (QED) is 0.607. The van der Waals surface area contributed by atoms with Gasteiger partial charge >= 0.3 is 11.9 Å². The average Bonchev–Trinajstić information content (AvgIpc) is 2.29. The number of alkyl halides is 2. The van der Waals surface area contributed by atoms with Crippen LogP contribution in [0, 0.1) is 0 Å². The van der Waals surface area contributed by atoms with Crippen LogP contribution in [0.25, 0.3) is 0 Å². The number of carbonyl (C=O) groups is 1. The van der Waals surface area contributed by atoms with Gasteiger partial charge < -0.3 is 4.74 Å². The molecule has 0 heterocycles. The first kappa shape index (κ1) is 15.4. The van der Waals surface area contributed by atoms with Crippen molar-refractivity contribution in [3.8, 4) is 0 Å². The van der Waals surface area contributed by atoms with Crippen molar-refractivity contribution in [3.05, 3.63) is 28.2 Å². The smallest absolute Gasteiger partial charge is 0.381 e.